The molecule has 1 aliphatic rings. The van der Waals surface area contributed by atoms with Crippen LogP contribution in [0.2, 0.25) is 0 Å². The molecule has 1 aromatic heterocycles. The molecule has 1 N–H and O–H groups in total. The first-order valence-electron chi connectivity index (χ1n) is 7.15. The molecule has 0 amide bonds. The molecule has 1 aliphatic heterocycles. The van der Waals surface area contributed by atoms with Crippen LogP contribution in [-0.4, -0.2) is 43.1 Å². The van der Waals surface area contributed by atoms with Crippen LogP contribution in [0.3, 0.4) is 0 Å². The minimum absolute atomic E-state index is 0.497. The van der Waals surface area contributed by atoms with Crippen molar-refractivity contribution in [2.75, 3.05) is 33.2 Å². The predicted molar refractivity (Wildman–Crippen MR) is 72.8 cm³/mol. The Balaban J connectivity index is 1.88. The Morgan fingerprint density at radius 3 is 3.22 bits per heavy atom. The van der Waals surface area contributed by atoms with E-state index in [9.17, 15) is 0 Å². The molecule has 18 heavy (non-hydrogen) atoms. The average Bonchev–Trinajstić information content (AvgIpc) is 2.88. The number of hydrogen-bond acceptors (Lipinski definition) is 4. The van der Waals surface area contributed by atoms with Gasteiger partial charge in [-0.1, -0.05) is 6.92 Å². The van der Waals surface area contributed by atoms with E-state index in [-0.39, 0.29) is 0 Å². The van der Waals surface area contributed by atoms with E-state index in [1.54, 1.807) is 0 Å². The van der Waals surface area contributed by atoms with E-state index in [4.69, 9.17) is 4.42 Å². The van der Waals surface area contributed by atoms with Gasteiger partial charge in [0.05, 0.1) is 6.20 Å². The molecule has 0 saturated carbocycles. The minimum atomic E-state index is 0.497. The van der Waals surface area contributed by atoms with E-state index in [0.717, 1.165) is 44.1 Å². The standard InChI is InChI=1S/C14H25N3O/c1-3-17-9-5-6-12(11-17)14-16-10-13(18-14)7-4-8-15-2/h10,12,15H,3-9,11H2,1-2H3. The van der Waals surface area contributed by atoms with Crippen molar-refractivity contribution in [1.29, 1.82) is 0 Å². The zero-order chi connectivity index (χ0) is 12.8. The molecule has 1 fully saturated rings. The van der Waals surface area contributed by atoms with E-state index in [2.05, 4.69) is 22.1 Å². The first-order valence-corrected chi connectivity index (χ1v) is 7.15. The summed E-state index contributed by atoms with van der Waals surface area (Å²) in [6.45, 7) is 6.71. The van der Waals surface area contributed by atoms with Gasteiger partial charge < -0.3 is 14.6 Å². The maximum atomic E-state index is 5.90. The van der Waals surface area contributed by atoms with Gasteiger partial charge in [-0.25, -0.2) is 4.98 Å². The SMILES string of the molecule is CCN1CCCC(c2ncc(CCCNC)o2)C1. The fourth-order valence-electron chi connectivity index (χ4n) is 2.61. The van der Waals surface area contributed by atoms with E-state index < -0.39 is 0 Å². The fourth-order valence-corrected chi connectivity index (χ4v) is 2.61. The zero-order valence-electron chi connectivity index (χ0n) is 11.6. The Labute approximate surface area is 110 Å². The van der Waals surface area contributed by atoms with Gasteiger partial charge >= 0.3 is 0 Å². The van der Waals surface area contributed by atoms with Gasteiger partial charge in [-0.3, -0.25) is 0 Å². The van der Waals surface area contributed by atoms with Crippen LogP contribution in [0.15, 0.2) is 10.6 Å². The van der Waals surface area contributed by atoms with Crippen LogP contribution >= 0.6 is 0 Å². The molecule has 102 valence electrons. The maximum absolute atomic E-state index is 5.90. The molecule has 1 aromatic rings. The molecule has 0 bridgehead atoms. The van der Waals surface area contributed by atoms with Crippen LogP contribution in [0.4, 0.5) is 0 Å². The van der Waals surface area contributed by atoms with Crippen LogP contribution in [0.1, 0.15) is 43.8 Å². The van der Waals surface area contributed by atoms with Gasteiger partial charge in [0.2, 0.25) is 0 Å². The van der Waals surface area contributed by atoms with Gasteiger partial charge in [-0.15, -0.1) is 0 Å². The fraction of sp³-hybridized carbons (Fsp3) is 0.786. The maximum Gasteiger partial charge on any atom is 0.198 e. The molecule has 1 unspecified atom stereocenters. The summed E-state index contributed by atoms with van der Waals surface area (Å²) in [6, 6.07) is 0. The van der Waals surface area contributed by atoms with Crippen LogP contribution in [0, 0.1) is 0 Å². The van der Waals surface area contributed by atoms with Crippen LogP contribution in [-0.2, 0) is 6.42 Å². The molecule has 0 radical (unpaired) electrons. The first kappa shape index (κ1) is 13.6. The van der Waals surface area contributed by atoms with E-state index >= 15 is 0 Å². The van der Waals surface area contributed by atoms with Crippen molar-refractivity contribution in [2.45, 2.75) is 38.5 Å². The summed E-state index contributed by atoms with van der Waals surface area (Å²) in [6.07, 6.45) is 6.48. The van der Waals surface area contributed by atoms with E-state index in [1.165, 1.54) is 19.4 Å². The Bertz CT molecular complexity index is 351. The highest BCUT2D eigenvalue weighted by molar-refractivity contribution is 5.01. The number of aromatic nitrogens is 1. The molecule has 1 saturated heterocycles. The van der Waals surface area contributed by atoms with Crippen molar-refractivity contribution in [3.63, 3.8) is 0 Å². The van der Waals surface area contributed by atoms with Crippen molar-refractivity contribution in [1.82, 2.24) is 15.2 Å². The summed E-state index contributed by atoms with van der Waals surface area (Å²) in [4.78, 5) is 6.96. The predicted octanol–water partition coefficient (Wildman–Crippen LogP) is 2.03. The third-order valence-corrected chi connectivity index (χ3v) is 3.72. The van der Waals surface area contributed by atoms with Gasteiger partial charge in [0.1, 0.15) is 5.76 Å². The molecule has 2 heterocycles. The lowest BCUT2D eigenvalue weighted by molar-refractivity contribution is 0.200. The zero-order valence-corrected chi connectivity index (χ0v) is 11.6. The van der Waals surface area contributed by atoms with E-state index in [0.29, 0.717) is 5.92 Å². The summed E-state index contributed by atoms with van der Waals surface area (Å²) in [7, 11) is 1.98. The number of rotatable bonds is 6. The monoisotopic (exact) mass is 251 g/mol. The summed E-state index contributed by atoms with van der Waals surface area (Å²) in [5.74, 6) is 2.48. The third-order valence-electron chi connectivity index (χ3n) is 3.72. The van der Waals surface area contributed by atoms with Gasteiger partial charge in [-0.05, 0) is 45.9 Å². The van der Waals surface area contributed by atoms with Gasteiger partial charge in [0.15, 0.2) is 5.89 Å². The topological polar surface area (TPSA) is 41.3 Å². The van der Waals surface area contributed by atoms with Crippen molar-refractivity contribution in [3.8, 4) is 0 Å². The van der Waals surface area contributed by atoms with Gasteiger partial charge in [-0.2, -0.15) is 0 Å². The van der Waals surface area contributed by atoms with Crippen LogP contribution < -0.4 is 5.32 Å². The summed E-state index contributed by atoms with van der Waals surface area (Å²) >= 11 is 0. The lowest BCUT2D eigenvalue weighted by atomic mass is 9.98. The highest BCUT2D eigenvalue weighted by atomic mass is 16.4. The lowest BCUT2D eigenvalue weighted by Gasteiger charge is -2.29. The normalized spacial score (nSPS) is 21.3. The van der Waals surface area contributed by atoms with Crippen LogP contribution in [0.25, 0.3) is 0 Å². The Morgan fingerprint density at radius 2 is 2.44 bits per heavy atom. The largest absolute Gasteiger partial charge is 0.445 e. The first-order chi connectivity index (χ1) is 8.83. The summed E-state index contributed by atoms with van der Waals surface area (Å²) < 4.78 is 5.90. The minimum Gasteiger partial charge on any atom is -0.445 e. The number of aryl methyl sites for hydroxylation is 1. The molecular formula is C14H25N3O. The van der Waals surface area contributed by atoms with Gasteiger partial charge in [0, 0.05) is 18.9 Å². The van der Waals surface area contributed by atoms with Crippen molar-refractivity contribution in [2.24, 2.45) is 0 Å². The number of nitrogens with one attached hydrogen (secondary N) is 1. The molecule has 2 rings (SSSR count). The van der Waals surface area contributed by atoms with Crippen molar-refractivity contribution < 1.29 is 4.42 Å². The quantitative estimate of drug-likeness (QED) is 0.785. The van der Waals surface area contributed by atoms with Crippen LogP contribution in [0.5, 0.6) is 0 Å². The number of likely N-dealkylation sites (tertiary alicyclic amines) is 1. The van der Waals surface area contributed by atoms with Crippen molar-refractivity contribution >= 4 is 0 Å². The molecule has 0 aliphatic carbocycles. The number of piperidine rings is 1. The average molecular weight is 251 g/mol. The molecular weight excluding hydrogens is 226 g/mol. The molecule has 4 heteroatoms. The third kappa shape index (κ3) is 3.56. The Kier molecular flexibility index (Phi) is 5.20. The smallest absolute Gasteiger partial charge is 0.198 e. The van der Waals surface area contributed by atoms with Crippen molar-refractivity contribution in [3.05, 3.63) is 17.8 Å². The Hall–Kier alpha value is -0.870. The number of oxazole rings is 1. The highest BCUT2D eigenvalue weighted by Gasteiger charge is 2.24. The summed E-state index contributed by atoms with van der Waals surface area (Å²) in [5.41, 5.74) is 0. The summed E-state index contributed by atoms with van der Waals surface area (Å²) in [5, 5.41) is 3.15. The Morgan fingerprint density at radius 1 is 1.56 bits per heavy atom. The molecule has 4 nitrogen and oxygen atoms in total. The second-order valence-corrected chi connectivity index (χ2v) is 5.10. The van der Waals surface area contributed by atoms with Gasteiger partial charge in [0.25, 0.3) is 0 Å². The highest BCUT2D eigenvalue weighted by Crippen LogP contribution is 2.26. The molecule has 0 spiro atoms. The number of hydrogen-bond donors (Lipinski definition) is 1. The van der Waals surface area contributed by atoms with E-state index in [1.807, 2.05) is 13.2 Å². The number of likely N-dealkylation sites (N-methyl/N-ethyl adjacent to an activating group) is 1. The lowest BCUT2D eigenvalue weighted by Crippen LogP contribution is -2.34. The molecule has 1 atom stereocenters. The molecule has 0 aromatic carbocycles. The second-order valence-electron chi connectivity index (χ2n) is 5.10. The second kappa shape index (κ2) is 6.90. The number of nitrogens with zero attached hydrogens (tertiary/aromatic N) is 2.